The lowest BCUT2D eigenvalue weighted by Crippen LogP contribution is -2.63. The quantitative estimate of drug-likeness (QED) is 0.863. The third-order valence-electron chi connectivity index (χ3n) is 3.66. The van der Waals surface area contributed by atoms with Crippen LogP contribution in [-0.2, 0) is 11.2 Å². The number of hydrogen-bond acceptors (Lipinski definition) is 2. The molecule has 1 atom stereocenters. The summed E-state index contributed by atoms with van der Waals surface area (Å²) < 4.78 is 0. The average Bonchev–Trinajstić information content (AvgIpc) is 2.32. The van der Waals surface area contributed by atoms with E-state index in [4.69, 9.17) is 0 Å². The number of carbonyl (C=O) groups is 1. The SMILES string of the molecule is CC(=O)N1CC(Cc2ccccc2)NCC1(C)C. The molecule has 1 saturated heterocycles. The number of piperazine rings is 1. The Hall–Kier alpha value is -1.35. The summed E-state index contributed by atoms with van der Waals surface area (Å²) in [6.07, 6.45) is 0.973. The molecule has 3 heteroatoms. The minimum atomic E-state index is -0.0843. The first-order valence-electron chi connectivity index (χ1n) is 6.54. The summed E-state index contributed by atoms with van der Waals surface area (Å²) in [6, 6.07) is 10.8. The molecule has 2 rings (SSSR count). The molecule has 1 N–H and O–H groups in total. The van der Waals surface area contributed by atoms with Crippen molar-refractivity contribution in [1.82, 2.24) is 10.2 Å². The fourth-order valence-corrected chi connectivity index (χ4v) is 2.61. The Morgan fingerprint density at radius 2 is 2.06 bits per heavy atom. The normalized spacial score (nSPS) is 22.8. The van der Waals surface area contributed by atoms with E-state index in [9.17, 15) is 4.79 Å². The molecule has 1 heterocycles. The van der Waals surface area contributed by atoms with Gasteiger partial charge in [-0.2, -0.15) is 0 Å². The molecule has 0 aromatic heterocycles. The molecule has 0 saturated carbocycles. The highest BCUT2D eigenvalue weighted by Gasteiger charge is 2.35. The van der Waals surface area contributed by atoms with Gasteiger partial charge >= 0.3 is 0 Å². The first-order chi connectivity index (χ1) is 8.49. The van der Waals surface area contributed by atoms with Gasteiger partial charge in [0.2, 0.25) is 5.91 Å². The maximum atomic E-state index is 11.7. The molecule has 1 aliphatic rings. The van der Waals surface area contributed by atoms with Gasteiger partial charge in [-0.1, -0.05) is 30.3 Å². The molecule has 3 nitrogen and oxygen atoms in total. The lowest BCUT2D eigenvalue weighted by atomic mass is 9.94. The predicted octanol–water partition coefficient (Wildman–Crippen LogP) is 1.83. The maximum Gasteiger partial charge on any atom is 0.219 e. The van der Waals surface area contributed by atoms with Gasteiger partial charge in [-0.3, -0.25) is 4.79 Å². The Labute approximate surface area is 109 Å². The smallest absolute Gasteiger partial charge is 0.219 e. The highest BCUT2D eigenvalue weighted by atomic mass is 16.2. The van der Waals surface area contributed by atoms with Gasteiger partial charge in [0, 0.05) is 31.6 Å². The third-order valence-corrected chi connectivity index (χ3v) is 3.66. The molecule has 0 aliphatic carbocycles. The summed E-state index contributed by atoms with van der Waals surface area (Å²) in [5.74, 6) is 0.166. The van der Waals surface area contributed by atoms with Crippen LogP contribution in [0.4, 0.5) is 0 Å². The van der Waals surface area contributed by atoms with E-state index >= 15 is 0 Å². The highest BCUT2D eigenvalue weighted by molar-refractivity contribution is 5.74. The van der Waals surface area contributed by atoms with Gasteiger partial charge in [-0.25, -0.2) is 0 Å². The number of rotatable bonds is 2. The van der Waals surface area contributed by atoms with Crippen LogP contribution < -0.4 is 5.32 Å². The number of nitrogens with one attached hydrogen (secondary N) is 1. The molecule has 0 bridgehead atoms. The van der Waals surface area contributed by atoms with Crippen LogP contribution in [0.5, 0.6) is 0 Å². The lowest BCUT2D eigenvalue weighted by molar-refractivity contribution is -0.136. The highest BCUT2D eigenvalue weighted by Crippen LogP contribution is 2.20. The summed E-state index contributed by atoms with van der Waals surface area (Å²) in [5.41, 5.74) is 1.23. The number of carbonyl (C=O) groups excluding carboxylic acids is 1. The lowest BCUT2D eigenvalue weighted by Gasteiger charge is -2.45. The number of nitrogens with zero attached hydrogens (tertiary/aromatic N) is 1. The van der Waals surface area contributed by atoms with E-state index in [-0.39, 0.29) is 11.4 Å². The van der Waals surface area contributed by atoms with E-state index in [0.29, 0.717) is 6.04 Å². The van der Waals surface area contributed by atoms with Gasteiger partial charge in [0.25, 0.3) is 0 Å². The fraction of sp³-hybridized carbons (Fsp3) is 0.533. The average molecular weight is 246 g/mol. The van der Waals surface area contributed by atoms with Crippen molar-refractivity contribution in [2.45, 2.75) is 38.8 Å². The Kier molecular flexibility index (Phi) is 3.71. The second kappa shape index (κ2) is 5.11. The van der Waals surface area contributed by atoms with Gasteiger partial charge in [-0.05, 0) is 25.8 Å². The zero-order valence-electron chi connectivity index (χ0n) is 11.4. The van der Waals surface area contributed by atoms with Crippen molar-refractivity contribution >= 4 is 5.91 Å². The molecule has 1 aliphatic heterocycles. The fourth-order valence-electron chi connectivity index (χ4n) is 2.61. The third kappa shape index (κ3) is 2.91. The van der Waals surface area contributed by atoms with E-state index in [1.54, 1.807) is 6.92 Å². The van der Waals surface area contributed by atoms with Crippen LogP contribution in [-0.4, -0.2) is 35.5 Å². The van der Waals surface area contributed by atoms with Crippen LogP contribution in [0.3, 0.4) is 0 Å². The topological polar surface area (TPSA) is 32.3 Å². The van der Waals surface area contributed by atoms with Crippen LogP contribution in [0.2, 0.25) is 0 Å². The van der Waals surface area contributed by atoms with Gasteiger partial charge in [0.15, 0.2) is 0 Å². The van der Waals surface area contributed by atoms with Crippen molar-refractivity contribution < 1.29 is 4.79 Å². The van der Waals surface area contributed by atoms with Gasteiger partial charge in [0.1, 0.15) is 0 Å². The van der Waals surface area contributed by atoms with Crippen molar-refractivity contribution in [2.75, 3.05) is 13.1 Å². The van der Waals surface area contributed by atoms with Crippen molar-refractivity contribution in [3.05, 3.63) is 35.9 Å². The molecule has 1 aromatic rings. The summed E-state index contributed by atoms with van der Waals surface area (Å²) in [6.45, 7) is 7.52. The summed E-state index contributed by atoms with van der Waals surface area (Å²) in [4.78, 5) is 13.7. The van der Waals surface area contributed by atoms with Crippen LogP contribution in [0.1, 0.15) is 26.3 Å². The summed E-state index contributed by atoms with van der Waals surface area (Å²) >= 11 is 0. The standard InChI is InChI=1S/C15H22N2O/c1-12(18)17-10-14(16-11-15(17,2)3)9-13-7-5-4-6-8-13/h4-8,14,16H,9-11H2,1-3H3. The van der Waals surface area contributed by atoms with E-state index < -0.39 is 0 Å². The van der Waals surface area contributed by atoms with Gasteiger partial charge < -0.3 is 10.2 Å². The van der Waals surface area contributed by atoms with Crippen LogP contribution >= 0.6 is 0 Å². The summed E-state index contributed by atoms with van der Waals surface area (Å²) in [7, 11) is 0. The molecule has 18 heavy (non-hydrogen) atoms. The van der Waals surface area contributed by atoms with E-state index in [2.05, 4.69) is 43.4 Å². The zero-order valence-corrected chi connectivity index (χ0v) is 11.4. The van der Waals surface area contributed by atoms with Crippen molar-refractivity contribution in [3.8, 4) is 0 Å². The Morgan fingerprint density at radius 3 is 2.67 bits per heavy atom. The van der Waals surface area contributed by atoms with Crippen molar-refractivity contribution in [2.24, 2.45) is 0 Å². The molecule has 1 amide bonds. The van der Waals surface area contributed by atoms with Gasteiger partial charge in [0.05, 0.1) is 0 Å². The number of hydrogen-bond donors (Lipinski definition) is 1. The van der Waals surface area contributed by atoms with E-state index in [1.165, 1.54) is 5.56 Å². The Bertz CT molecular complexity index is 414. The largest absolute Gasteiger partial charge is 0.335 e. The molecular formula is C15H22N2O. The first-order valence-corrected chi connectivity index (χ1v) is 6.54. The van der Waals surface area contributed by atoms with E-state index in [0.717, 1.165) is 19.5 Å². The van der Waals surface area contributed by atoms with Crippen molar-refractivity contribution in [1.29, 1.82) is 0 Å². The minimum absolute atomic E-state index is 0.0843. The van der Waals surface area contributed by atoms with E-state index in [1.807, 2.05) is 11.0 Å². The molecule has 1 unspecified atom stereocenters. The monoisotopic (exact) mass is 246 g/mol. The Balaban J connectivity index is 2.03. The zero-order chi connectivity index (χ0) is 13.2. The maximum absolute atomic E-state index is 11.7. The first kappa shape index (κ1) is 13.1. The van der Waals surface area contributed by atoms with Crippen molar-refractivity contribution in [3.63, 3.8) is 0 Å². The predicted molar refractivity (Wildman–Crippen MR) is 73.4 cm³/mol. The molecule has 98 valence electrons. The van der Waals surface area contributed by atoms with Crippen LogP contribution in [0.25, 0.3) is 0 Å². The minimum Gasteiger partial charge on any atom is -0.335 e. The molecule has 1 aromatic carbocycles. The molecular weight excluding hydrogens is 224 g/mol. The van der Waals surface area contributed by atoms with Gasteiger partial charge in [-0.15, -0.1) is 0 Å². The Morgan fingerprint density at radius 1 is 1.39 bits per heavy atom. The second-order valence-electron chi connectivity index (χ2n) is 5.71. The van der Waals surface area contributed by atoms with Crippen LogP contribution in [0.15, 0.2) is 30.3 Å². The van der Waals surface area contributed by atoms with Crippen LogP contribution in [0, 0.1) is 0 Å². The second-order valence-corrected chi connectivity index (χ2v) is 5.71. The molecule has 0 spiro atoms. The molecule has 0 radical (unpaired) electrons. The molecule has 1 fully saturated rings. The number of amides is 1. The number of benzene rings is 1. The summed E-state index contributed by atoms with van der Waals surface area (Å²) in [5, 5.41) is 3.55.